The monoisotopic (exact) mass is 321 g/mol. The Balaban J connectivity index is 1.97. The van der Waals surface area contributed by atoms with Gasteiger partial charge in [0.25, 0.3) is 0 Å². The Labute approximate surface area is 129 Å². The van der Waals surface area contributed by atoms with Crippen molar-refractivity contribution in [3.63, 3.8) is 0 Å². The first-order valence-corrected chi connectivity index (χ1v) is 6.96. The van der Waals surface area contributed by atoms with Crippen LogP contribution >= 0.6 is 0 Å². The number of hydrogen-bond acceptors (Lipinski definition) is 6. The van der Waals surface area contributed by atoms with Crippen LogP contribution in [0.3, 0.4) is 0 Å². The van der Waals surface area contributed by atoms with Gasteiger partial charge in [-0.1, -0.05) is 0 Å². The van der Waals surface area contributed by atoms with Gasteiger partial charge >= 0.3 is 5.69 Å². The summed E-state index contributed by atoms with van der Waals surface area (Å²) in [5, 5.41) is 10.8. The van der Waals surface area contributed by atoms with E-state index in [1.54, 1.807) is 4.90 Å². The van der Waals surface area contributed by atoms with E-state index < -0.39 is 22.6 Å². The van der Waals surface area contributed by atoms with Crippen molar-refractivity contribution in [1.29, 1.82) is 0 Å². The zero-order valence-corrected chi connectivity index (χ0v) is 11.9. The molecule has 0 aliphatic carbocycles. The van der Waals surface area contributed by atoms with Gasteiger partial charge in [-0.15, -0.1) is 0 Å². The molecule has 1 atom stereocenters. The minimum Gasteiger partial charge on any atom is -0.378 e. The number of rotatable bonds is 3. The van der Waals surface area contributed by atoms with Gasteiger partial charge in [0.2, 0.25) is 11.8 Å². The number of aromatic nitrogens is 2. The summed E-state index contributed by atoms with van der Waals surface area (Å²) in [6, 6.07) is 2.84. The van der Waals surface area contributed by atoms with Crippen LogP contribution in [-0.4, -0.2) is 21.4 Å². The Bertz CT molecular complexity index is 771. The average molecular weight is 321 g/mol. The highest BCUT2D eigenvalue weighted by Gasteiger charge is 2.31. The summed E-state index contributed by atoms with van der Waals surface area (Å²) in [5.74, 6) is -1.14. The minimum absolute atomic E-state index is 0.166. The average Bonchev–Trinajstić information content (AvgIpc) is 2.98. The van der Waals surface area contributed by atoms with Crippen molar-refractivity contribution in [2.45, 2.75) is 18.9 Å². The molecule has 2 N–H and O–H groups in total. The molecule has 0 amide bonds. The van der Waals surface area contributed by atoms with Crippen LogP contribution in [0, 0.1) is 21.7 Å². The molecule has 120 valence electrons. The molecule has 23 heavy (non-hydrogen) atoms. The van der Waals surface area contributed by atoms with Gasteiger partial charge in [0.1, 0.15) is 17.8 Å². The van der Waals surface area contributed by atoms with Crippen molar-refractivity contribution in [3.05, 3.63) is 51.7 Å². The van der Waals surface area contributed by atoms with Crippen molar-refractivity contribution in [2.75, 3.05) is 17.2 Å². The Morgan fingerprint density at radius 1 is 1.39 bits per heavy atom. The number of nitrogens with zero attached hydrogens (tertiary/aromatic N) is 4. The lowest BCUT2D eigenvalue weighted by Gasteiger charge is -2.25. The molecular formula is C14H13F2N5O2. The van der Waals surface area contributed by atoms with Crippen molar-refractivity contribution in [1.82, 2.24) is 9.97 Å². The standard InChI is InChI=1S/C14H13F2N5O2/c15-8-3-4-10(16)9(6-8)11-2-1-5-20(11)14-18-7-12(21(22)23)13(17)19-14/h3-4,6-7,11H,1-2,5H2,(H2,17,18,19)/t11-/m1/s1. The van der Waals surface area contributed by atoms with Gasteiger partial charge in [-0.2, -0.15) is 4.98 Å². The van der Waals surface area contributed by atoms with E-state index in [4.69, 9.17) is 5.73 Å². The van der Waals surface area contributed by atoms with E-state index in [0.717, 1.165) is 30.8 Å². The predicted molar refractivity (Wildman–Crippen MR) is 78.8 cm³/mol. The zero-order valence-electron chi connectivity index (χ0n) is 11.9. The number of nitrogens with two attached hydrogens (primary N) is 1. The van der Waals surface area contributed by atoms with Gasteiger partial charge in [-0.25, -0.2) is 13.8 Å². The molecular weight excluding hydrogens is 308 g/mol. The summed E-state index contributed by atoms with van der Waals surface area (Å²) >= 11 is 0. The fourth-order valence-corrected chi connectivity index (χ4v) is 2.76. The molecule has 0 saturated carbocycles. The molecule has 0 radical (unpaired) electrons. The molecule has 0 bridgehead atoms. The van der Waals surface area contributed by atoms with Gasteiger partial charge in [0.05, 0.1) is 11.0 Å². The minimum atomic E-state index is -0.674. The summed E-state index contributed by atoms with van der Waals surface area (Å²) < 4.78 is 27.4. The number of nitro groups is 1. The van der Waals surface area contributed by atoms with Gasteiger partial charge in [-0.05, 0) is 31.0 Å². The lowest BCUT2D eigenvalue weighted by Crippen LogP contribution is -2.26. The molecule has 7 nitrogen and oxygen atoms in total. The lowest BCUT2D eigenvalue weighted by atomic mass is 10.0. The largest absolute Gasteiger partial charge is 0.378 e. The second-order valence-electron chi connectivity index (χ2n) is 5.21. The third-order valence-corrected chi connectivity index (χ3v) is 3.81. The van der Waals surface area contributed by atoms with Crippen molar-refractivity contribution in [3.8, 4) is 0 Å². The van der Waals surface area contributed by atoms with Crippen LogP contribution in [0.25, 0.3) is 0 Å². The zero-order chi connectivity index (χ0) is 16.6. The number of halogens is 2. The van der Waals surface area contributed by atoms with Gasteiger partial charge in [-0.3, -0.25) is 10.1 Å². The van der Waals surface area contributed by atoms with E-state index in [0.29, 0.717) is 13.0 Å². The molecule has 2 aromatic rings. The SMILES string of the molecule is Nc1nc(N2CCC[C@@H]2c2cc(F)ccc2F)ncc1[N+](=O)[O-]. The van der Waals surface area contributed by atoms with Gasteiger partial charge in [0.15, 0.2) is 0 Å². The first-order chi connectivity index (χ1) is 11.0. The maximum atomic E-state index is 14.0. The molecule has 9 heteroatoms. The summed E-state index contributed by atoms with van der Waals surface area (Å²) in [7, 11) is 0. The van der Waals surface area contributed by atoms with Crippen LogP contribution in [0.1, 0.15) is 24.4 Å². The van der Waals surface area contributed by atoms with Crippen LogP contribution in [0.5, 0.6) is 0 Å². The van der Waals surface area contributed by atoms with Gasteiger partial charge < -0.3 is 10.6 Å². The molecule has 1 saturated heterocycles. The summed E-state index contributed by atoms with van der Waals surface area (Å²) in [4.78, 5) is 19.7. The van der Waals surface area contributed by atoms with E-state index in [1.807, 2.05) is 0 Å². The topological polar surface area (TPSA) is 98.2 Å². The first kappa shape index (κ1) is 15.1. The van der Waals surface area contributed by atoms with E-state index in [-0.39, 0.29) is 23.0 Å². The summed E-state index contributed by atoms with van der Waals surface area (Å²) in [6.45, 7) is 0.526. The molecule has 2 heterocycles. The normalized spacial score (nSPS) is 17.5. The summed E-state index contributed by atoms with van der Waals surface area (Å²) in [6.07, 6.45) is 2.36. The van der Waals surface area contributed by atoms with Crippen molar-refractivity contribution >= 4 is 17.5 Å². The van der Waals surface area contributed by atoms with Crippen molar-refractivity contribution < 1.29 is 13.7 Å². The highest BCUT2D eigenvalue weighted by atomic mass is 19.1. The van der Waals surface area contributed by atoms with Crippen LogP contribution in [0.2, 0.25) is 0 Å². The van der Waals surface area contributed by atoms with Crippen LogP contribution in [0.4, 0.5) is 26.2 Å². The van der Waals surface area contributed by atoms with E-state index in [2.05, 4.69) is 9.97 Å². The fourth-order valence-electron chi connectivity index (χ4n) is 2.76. The molecule has 1 aliphatic rings. The van der Waals surface area contributed by atoms with Crippen molar-refractivity contribution in [2.24, 2.45) is 0 Å². The maximum Gasteiger partial charge on any atom is 0.329 e. The second-order valence-corrected chi connectivity index (χ2v) is 5.21. The van der Waals surface area contributed by atoms with Crippen LogP contribution < -0.4 is 10.6 Å². The highest BCUT2D eigenvalue weighted by molar-refractivity contribution is 5.54. The number of anilines is 2. The molecule has 0 spiro atoms. The molecule has 1 fully saturated rings. The molecule has 1 aromatic heterocycles. The highest BCUT2D eigenvalue weighted by Crippen LogP contribution is 2.36. The molecule has 1 aliphatic heterocycles. The van der Waals surface area contributed by atoms with E-state index in [9.17, 15) is 18.9 Å². The maximum absolute atomic E-state index is 14.0. The molecule has 1 aromatic carbocycles. The molecule has 3 rings (SSSR count). The fraction of sp³-hybridized carbons (Fsp3) is 0.286. The van der Waals surface area contributed by atoms with Gasteiger partial charge in [0, 0.05) is 12.1 Å². The quantitative estimate of drug-likeness (QED) is 0.689. The third kappa shape index (κ3) is 2.77. The van der Waals surface area contributed by atoms with Crippen LogP contribution in [-0.2, 0) is 0 Å². The Hall–Kier alpha value is -2.84. The summed E-state index contributed by atoms with van der Waals surface area (Å²) in [5.41, 5.74) is 5.40. The Kier molecular flexibility index (Phi) is 3.77. The third-order valence-electron chi connectivity index (χ3n) is 3.81. The Morgan fingerprint density at radius 3 is 2.87 bits per heavy atom. The Morgan fingerprint density at radius 2 is 2.17 bits per heavy atom. The number of nitrogen functional groups attached to an aromatic ring is 1. The van der Waals surface area contributed by atoms with E-state index >= 15 is 0 Å². The van der Waals surface area contributed by atoms with E-state index in [1.165, 1.54) is 0 Å². The number of benzene rings is 1. The number of hydrogen-bond donors (Lipinski definition) is 1. The smallest absolute Gasteiger partial charge is 0.329 e. The predicted octanol–water partition coefficient (Wildman–Crippen LogP) is 2.59. The second kappa shape index (κ2) is 5.75. The lowest BCUT2D eigenvalue weighted by molar-refractivity contribution is -0.384. The first-order valence-electron chi connectivity index (χ1n) is 6.96. The molecule has 0 unspecified atom stereocenters. The van der Waals surface area contributed by atoms with Crippen LogP contribution in [0.15, 0.2) is 24.4 Å².